The van der Waals surface area contributed by atoms with Crippen molar-refractivity contribution in [3.8, 4) is 0 Å². The van der Waals surface area contributed by atoms with Gasteiger partial charge in [0.2, 0.25) is 10.0 Å². The molecule has 1 atom stereocenters. The van der Waals surface area contributed by atoms with Crippen LogP contribution in [-0.4, -0.2) is 34.2 Å². The zero-order valence-corrected chi connectivity index (χ0v) is 14.9. The minimum atomic E-state index is -3.31. The van der Waals surface area contributed by atoms with Crippen LogP contribution in [0.3, 0.4) is 0 Å². The van der Waals surface area contributed by atoms with Crippen LogP contribution in [0.1, 0.15) is 28.8 Å². The summed E-state index contributed by atoms with van der Waals surface area (Å²) in [7, 11) is -1.83. The third-order valence-electron chi connectivity index (χ3n) is 3.93. The van der Waals surface area contributed by atoms with Crippen molar-refractivity contribution in [1.29, 1.82) is 0 Å². The molecule has 24 heavy (non-hydrogen) atoms. The molecule has 2 aromatic rings. The monoisotopic (exact) mass is 346 g/mol. The van der Waals surface area contributed by atoms with Gasteiger partial charge >= 0.3 is 0 Å². The summed E-state index contributed by atoms with van der Waals surface area (Å²) in [5, 5.41) is 2.91. The van der Waals surface area contributed by atoms with Gasteiger partial charge in [-0.15, -0.1) is 0 Å². The van der Waals surface area contributed by atoms with Gasteiger partial charge in [-0.25, -0.2) is 8.42 Å². The largest absolute Gasteiger partial charge is 0.351 e. The number of rotatable bonds is 6. The summed E-state index contributed by atoms with van der Waals surface area (Å²) in [5.41, 5.74) is 2.19. The van der Waals surface area contributed by atoms with E-state index in [2.05, 4.69) is 12.2 Å². The molecule has 1 unspecified atom stereocenters. The van der Waals surface area contributed by atoms with Gasteiger partial charge < -0.3 is 5.32 Å². The molecule has 6 heteroatoms. The molecule has 0 saturated carbocycles. The number of carbonyl (C=O) groups is 1. The van der Waals surface area contributed by atoms with Gasteiger partial charge in [-0.3, -0.25) is 9.10 Å². The van der Waals surface area contributed by atoms with Gasteiger partial charge in [0.25, 0.3) is 5.91 Å². The minimum absolute atomic E-state index is 0.175. The first-order valence-electron chi connectivity index (χ1n) is 7.66. The SMILES string of the molecule is CC(CNC(=O)c1ccc(N(C)S(C)(=O)=O)cc1)c1ccccc1. The Kier molecular flexibility index (Phi) is 5.62. The first kappa shape index (κ1) is 18.0. The molecule has 1 N–H and O–H groups in total. The maximum atomic E-state index is 12.2. The highest BCUT2D eigenvalue weighted by molar-refractivity contribution is 7.92. The van der Waals surface area contributed by atoms with Crippen LogP contribution >= 0.6 is 0 Å². The first-order chi connectivity index (χ1) is 11.3. The number of carbonyl (C=O) groups excluding carboxylic acids is 1. The van der Waals surface area contributed by atoms with E-state index in [1.165, 1.54) is 16.9 Å². The summed E-state index contributed by atoms with van der Waals surface area (Å²) in [4.78, 5) is 12.2. The third-order valence-corrected chi connectivity index (χ3v) is 5.13. The Morgan fingerprint density at radius 2 is 1.67 bits per heavy atom. The molecule has 2 rings (SSSR count). The lowest BCUT2D eigenvalue weighted by molar-refractivity contribution is 0.0951. The summed E-state index contributed by atoms with van der Waals surface area (Å²) in [5.74, 6) is 0.0390. The van der Waals surface area contributed by atoms with Crippen LogP contribution in [0.15, 0.2) is 54.6 Å². The van der Waals surface area contributed by atoms with Crippen molar-refractivity contribution in [2.45, 2.75) is 12.8 Å². The highest BCUT2D eigenvalue weighted by atomic mass is 32.2. The normalized spacial score (nSPS) is 12.5. The van der Waals surface area contributed by atoms with Gasteiger partial charge in [-0.2, -0.15) is 0 Å². The highest BCUT2D eigenvalue weighted by Crippen LogP contribution is 2.17. The Labute approximate surface area is 143 Å². The molecule has 0 bridgehead atoms. The molecular weight excluding hydrogens is 324 g/mol. The maximum Gasteiger partial charge on any atom is 0.251 e. The summed E-state index contributed by atoms with van der Waals surface area (Å²) < 4.78 is 24.2. The van der Waals surface area contributed by atoms with Gasteiger partial charge in [0.15, 0.2) is 0 Å². The molecule has 0 saturated heterocycles. The van der Waals surface area contributed by atoms with Gasteiger partial charge in [-0.05, 0) is 35.7 Å². The smallest absolute Gasteiger partial charge is 0.251 e. The van der Waals surface area contributed by atoms with Crippen LogP contribution < -0.4 is 9.62 Å². The van der Waals surface area contributed by atoms with E-state index in [-0.39, 0.29) is 11.8 Å². The minimum Gasteiger partial charge on any atom is -0.351 e. The second-order valence-electron chi connectivity index (χ2n) is 5.80. The summed E-state index contributed by atoms with van der Waals surface area (Å²) in [6.45, 7) is 2.59. The second kappa shape index (κ2) is 7.49. The average Bonchev–Trinajstić information content (AvgIpc) is 2.58. The van der Waals surface area contributed by atoms with Crippen LogP contribution in [0.2, 0.25) is 0 Å². The Bertz CT molecular complexity index is 787. The standard InChI is InChI=1S/C18H22N2O3S/c1-14(15-7-5-4-6-8-15)13-19-18(21)16-9-11-17(12-10-16)20(2)24(3,22)23/h4-12,14H,13H2,1-3H3,(H,19,21). The fraction of sp³-hybridized carbons (Fsp3) is 0.278. The van der Waals surface area contributed by atoms with Crippen LogP contribution in [0.25, 0.3) is 0 Å². The fourth-order valence-corrected chi connectivity index (χ4v) is 2.77. The lowest BCUT2D eigenvalue weighted by Crippen LogP contribution is -2.28. The summed E-state index contributed by atoms with van der Waals surface area (Å²) in [6.07, 6.45) is 1.14. The van der Waals surface area contributed by atoms with Crippen molar-refractivity contribution in [2.24, 2.45) is 0 Å². The number of sulfonamides is 1. The van der Waals surface area contributed by atoms with Gasteiger partial charge in [0.05, 0.1) is 11.9 Å². The molecule has 0 aromatic heterocycles. The first-order valence-corrected chi connectivity index (χ1v) is 9.51. The predicted octanol–water partition coefficient (Wildman–Crippen LogP) is 2.62. The van der Waals surface area contributed by atoms with E-state index in [0.29, 0.717) is 17.8 Å². The summed E-state index contributed by atoms with van der Waals surface area (Å²) in [6, 6.07) is 16.5. The van der Waals surface area contributed by atoms with E-state index in [4.69, 9.17) is 0 Å². The van der Waals surface area contributed by atoms with E-state index in [9.17, 15) is 13.2 Å². The van der Waals surface area contributed by atoms with Crippen LogP contribution in [0.5, 0.6) is 0 Å². The highest BCUT2D eigenvalue weighted by Gasteiger charge is 2.13. The van der Waals surface area contributed by atoms with Crippen LogP contribution in [-0.2, 0) is 10.0 Å². The molecule has 0 aliphatic rings. The quantitative estimate of drug-likeness (QED) is 0.874. The molecule has 0 fully saturated rings. The van der Waals surface area contributed by atoms with Crippen LogP contribution in [0.4, 0.5) is 5.69 Å². The molecule has 0 aliphatic carbocycles. The zero-order valence-electron chi connectivity index (χ0n) is 14.1. The fourth-order valence-electron chi connectivity index (χ4n) is 2.26. The molecule has 0 aliphatic heterocycles. The van der Waals surface area contributed by atoms with E-state index >= 15 is 0 Å². The van der Waals surface area contributed by atoms with E-state index in [1.54, 1.807) is 24.3 Å². The Balaban J connectivity index is 1.98. The van der Waals surface area contributed by atoms with Crippen molar-refractivity contribution in [3.63, 3.8) is 0 Å². The number of nitrogens with one attached hydrogen (secondary N) is 1. The van der Waals surface area contributed by atoms with E-state index in [1.807, 2.05) is 30.3 Å². The number of hydrogen-bond acceptors (Lipinski definition) is 3. The Morgan fingerprint density at radius 1 is 1.08 bits per heavy atom. The van der Waals surface area contributed by atoms with Crippen molar-refractivity contribution in [3.05, 3.63) is 65.7 Å². The second-order valence-corrected chi connectivity index (χ2v) is 7.81. The molecule has 5 nitrogen and oxygen atoms in total. The molecule has 0 heterocycles. The van der Waals surface area contributed by atoms with Gasteiger partial charge in [0, 0.05) is 19.2 Å². The molecular formula is C18H22N2O3S. The van der Waals surface area contributed by atoms with Crippen LogP contribution in [0, 0.1) is 0 Å². The lowest BCUT2D eigenvalue weighted by Gasteiger charge is -2.17. The number of amides is 1. The molecule has 2 aromatic carbocycles. The number of nitrogens with zero attached hydrogens (tertiary/aromatic N) is 1. The number of hydrogen-bond donors (Lipinski definition) is 1. The van der Waals surface area contributed by atoms with Crippen molar-refractivity contribution in [1.82, 2.24) is 5.32 Å². The predicted molar refractivity (Wildman–Crippen MR) is 96.9 cm³/mol. The van der Waals surface area contributed by atoms with Gasteiger partial charge in [-0.1, -0.05) is 37.3 Å². The number of benzene rings is 2. The van der Waals surface area contributed by atoms with Crippen molar-refractivity contribution < 1.29 is 13.2 Å². The maximum absolute atomic E-state index is 12.2. The van der Waals surface area contributed by atoms with Crippen molar-refractivity contribution >= 4 is 21.6 Å². The van der Waals surface area contributed by atoms with Crippen molar-refractivity contribution in [2.75, 3.05) is 24.2 Å². The number of anilines is 1. The Hall–Kier alpha value is -2.34. The molecule has 128 valence electrons. The molecule has 1 amide bonds. The van der Waals surface area contributed by atoms with Gasteiger partial charge in [0.1, 0.15) is 0 Å². The Morgan fingerprint density at radius 3 is 2.21 bits per heavy atom. The van der Waals surface area contributed by atoms with E-state index < -0.39 is 10.0 Å². The molecule has 0 spiro atoms. The van der Waals surface area contributed by atoms with E-state index in [0.717, 1.165) is 6.26 Å². The average molecular weight is 346 g/mol. The lowest BCUT2D eigenvalue weighted by atomic mass is 10.0. The topological polar surface area (TPSA) is 66.5 Å². The third kappa shape index (κ3) is 4.58. The zero-order chi connectivity index (χ0) is 17.7. The summed E-state index contributed by atoms with van der Waals surface area (Å²) >= 11 is 0. The molecule has 0 radical (unpaired) electrons.